The Morgan fingerprint density at radius 3 is 1.30 bits per heavy atom. The molecular weight excluding hydrogens is 880 g/mol. The molecule has 4 heterocycles. The highest BCUT2D eigenvalue weighted by atomic mass is 19.4. The average Bonchev–Trinajstić information content (AvgIpc) is 3.58. The van der Waals surface area contributed by atoms with E-state index in [1.165, 1.54) is 44.5 Å². The Kier molecular flexibility index (Phi) is 16.6. The van der Waals surface area contributed by atoms with Gasteiger partial charge in [-0.05, 0) is 126 Å². The Labute approximate surface area is 365 Å². The van der Waals surface area contributed by atoms with E-state index in [1.54, 1.807) is 14.2 Å². The third-order valence-corrected chi connectivity index (χ3v) is 12.6. The van der Waals surface area contributed by atoms with Crippen molar-refractivity contribution in [2.75, 3.05) is 53.5 Å². The van der Waals surface area contributed by atoms with E-state index in [1.807, 2.05) is 24.3 Å². The van der Waals surface area contributed by atoms with E-state index in [2.05, 4.69) is 71.8 Å². The largest absolute Gasteiger partial charge is 0.497 e. The molecule has 2 N–H and O–H groups in total. The predicted octanol–water partition coefficient (Wildman–Crippen LogP) is 9.91. The van der Waals surface area contributed by atoms with Crippen molar-refractivity contribution in [1.82, 2.24) is 20.0 Å². The zero-order valence-corrected chi connectivity index (χ0v) is 36.6. The number of alkyl halides is 12. The summed E-state index contributed by atoms with van der Waals surface area (Å²) in [7, 11) is 3.32. The van der Waals surface area contributed by atoms with E-state index >= 15 is 0 Å². The van der Waals surface area contributed by atoms with Crippen molar-refractivity contribution in [3.8, 4) is 11.5 Å². The number of hydrogen-bond acceptors (Lipinski definition) is 8. The summed E-state index contributed by atoms with van der Waals surface area (Å²) < 4.78 is 156. The van der Waals surface area contributed by atoms with Crippen molar-refractivity contribution in [2.24, 2.45) is 10.8 Å². The topological polar surface area (TPSA) is 86.7 Å². The lowest BCUT2D eigenvalue weighted by Crippen LogP contribution is -2.50. The number of nitrogens with one attached hydrogen (secondary N) is 1. The quantitative estimate of drug-likeness (QED) is 0.266. The van der Waals surface area contributed by atoms with Gasteiger partial charge in [0.05, 0.1) is 14.2 Å². The molecule has 0 radical (unpaired) electrons. The van der Waals surface area contributed by atoms with Gasteiger partial charge in [0.1, 0.15) is 11.5 Å². The molecule has 2 spiro atoms. The molecule has 4 fully saturated rings. The van der Waals surface area contributed by atoms with Crippen LogP contribution in [0.3, 0.4) is 0 Å². The number of aliphatic hydroxyl groups is 1. The van der Waals surface area contributed by atoms with Gasteiger partial charge < -0.3 is 29.5 Å². The van der Waals surface area contributed by atoms with Crippen LogP contribution in [0.1, 0.15) is 77.3 Å². The van der Waals surface area contributed by atoms with Crippen LogP contribution in [0.15, 0.2) is 48.5 Å². The smallest absolute Gasteiger partial charge is 0.434 e. The fourth-order valence-corrected chi connectivity index (χ4v) is 9.32. The van der Waals surface area contributed by atoms with E-state index in [0.29, 0.717) is 30.3 Å². The lowest BCUT2D eigenvalue weighted by Gasteiger charge is -2.39. The van der Waals surface area contributed by atoms with Crippen molar-refractivity contribution in [3.05, 3.63) is 59.7 Å². The molecule has 364 valence electrons. The van der Waals surface area contributed by atoms with E-state index in [-0.39, 0.29) is 24.0 Å². The minimum atomic E-state index is -5.72. The summed E-state index contributed by atoms with van der Waals surface area (Å²) in [6, 6.07) is 16.3. The maximum absolute atomic E-state index is 12.7. The average molecular weight is 939 g/mol. The molecule has 0 saturated carbocycles. The van der Waals surface area contributed by atoms with Crippen molar-refractivity contribution >= 4 is 6.09 Å². The number of ether oxygens (including phenoxy) is 3. The maximum Gasteiger partial charge on any atom is 0.434 e. The van der Waals surface area contributed by atoms with E-state index in [9.17, 15) is 57.5 Å². The first-order valence-electron chi connectivity index (χ1n) is 20.7. The number of benzene rings is 2. The van der Waals surface area contributed by atoms with Crippen LogP contribution >= 0.6 is 0 Å². The molecule has 1 amide bonds. The molecule has 21 heteroatoms. The van der Waals surface area contributed by atoms with Crippen LogP contribution in [0.2, 0.25) is 0 Å². The molecule has 0 aliphatic carbocycles. The van der Waals surface area contributed by atoms with E-state index in [0.717, 1.165) is 41.5 Å². The minimum Gasteiger partial charge on any atom is -0.497 e. The summed E-state index contributed by atoms with van der Waals surface area (Å²) in [5.41, 5.74) is 3.01. The number of amides is 1. The molecule has 64 heavy (non-hydrogen) atoms. The second-order valence-corrected chi connectivity index (χ2v) is 18.5. The molecule has 0 unspecified atom stereocenters. The monoisotopic (exact) mass is 938 g/mol. The fourth-order valence-electron chi connectivity index (χ4n) is 9.32. The van der Waals surface area contributed by atoms with Crippen LogP contribution < -0.4 is 14.8 Å². The summed E-state index contributed by atoms with van der Waals surface area (Å²) in [5, 5.41) is 11.0. The van der Waals surface area contributed by atoms with Crippen LogP contribution in [0.4, 0.5) is 57.5 Å². The molecular formula is C43H58F12N4O5. The van der Waals surface area contributed by atoms with Crippen LogP contribution in [0.5, 0.6) is 11.5 Å². The lowest BCUT2D eigenvalue weighted by atomic mass is 9.74. The Bertz CT molecular complexity index is 1760. The number of rotatable bonds is 7. The Morgan fingerprint density at radius 1 is 0.625 bits per heavy atom. The summed E-state index contributed by atoms with van der Waals surface area (Å²) >= 11 is 0. The highest BCUT2D eigenvalue weighted by Crippen LogP contribution is 2.49. The van der Waals surface area contributed by atoms with Crippen LogP contribution in [0, 0.1) is 10.8 Å². The third-order valence-electron chi connectivity index (χ3n) is 12.6. The number of piperidine rings is 2. The Hall–Kier alpha value is -3.69. The molecule has 0 aromatic heterocycles. The Balaban J connectivity index is 0.000000245. The molecule has 6 rings (SSSR count). The summed E-state index contributed by atoms with van der Waals surface area (Å²) in [6.07, 6.45) is -26.9. The maximum atomic E-state index is 12.7. The number of nitrogens with zero attached hydrogens (tertiary/aromatic N) is 3. The van der Waals surface area contributed by atoms with Crippen LogP contribution in [-0.2, 0) is 17.8 Å². The highest BCUT2D eigenvalue weighted by molar-refractivity contribution is 5.68. The highest BCUT2D eigenvalue weighted by Gasteiger charge is 2.61. The van der Waals surface area contributed by atoms with Gasteiger partial charge in [-0.2, -0.15) is 52.7 Å². The van der Waals surface area contributed by atoms with Crippen molar-refractivity contribution in [2.45, 2.75) is 127 Å². The number of aliphatic hydroxyl groups excluding tert-OH is 1. The molecule has 0 bridgehead atoms. The first-order chi connectivity index (χ1) is 29.3. The summed E-state index contributed by atoms with van der Waals surface area (Å²) in [6.45, 7) is 15.2. The second kappa shape index (κ2) is 20.0. The van der Waals surface area contributed by atoms with Gasteiger partial charge in [-0.1, -0.05) is 24.3 Å². The molecule has 0 atom stereocenters. The predicted molar refractivity (Wildman–Crippen MR) is 212 cm³/mol. The normalized spacial score (nSPS) is 21.0. The van der Waals surface area contributed by atoms with E-state index in [4.69, 9.17) is 14.6 Å². The zero-order chi connectivity index (χ0) is 48.2. The van der Waals surface area contributed by atoms with Gasteiger partial charge >= 0.3 is 30.8 Å². The number of carbonyl (C=O) groups is 1. The van der Waals surface area contributed by atoms with Crippen molar-refractivity contribution in [3.63, 3.8) is 0 Å². The standard InChI is InChI=1S/C22H28F6N2O3.C18H28N2O.C3H2F6O/c1-19(2)13-20(14-30(19)12-15-4-6-16(32-3)7-5-15)8-10-29(11-9-20)18(31)33-17(21(23,24)25)22(26,27)28;1-17(2)13-18(8-10-19-11-9-18)14-20(17)12-15-4-6-16(21-3)7-5-15;4-2(5,6)1(10)3(7,8)9/h4-7,17H,8-14H2,1-3H3;4-7,19H,8-14H2,1-3H3;1,10H. The number of hydrogen-bond donors (Lipinski definition) is 2. The fraction of sp³-hybridized carbons (Fsp3) is 0.698. The van der Waals surface area contributed by atoms with Gasteiger partial charge in [0.15, 0.2) is 0 Å². The van der Waals surface area contributed by atoms with Gasteiger partial charge in [-0.15, -0.1) is 0 Å². The number of carbonyl (C=O) groups excluding carboxylic acids is 1. The SMILES string of the molecule is COc1ccc(CN2CC3(CCN(C(=O)OC(C(F)(F)F)C(F)(F)F)CC3)CC2(C)C)cc1.COc1ccc(CN2CC3(CCNCC3)CC2(C)C)cc1.OC(C(F)(F)F)C(F)(F)F. The number of likely N-dealkylation sites (tertiary alicyclic amines) is 3. The molecule has 2 aromatic rings. The second-order valence-electron chi connectivity index (χ2n) is 18.5. The van der Waals surface area contributed by atoms with Crippen molar-refractivity contribution < 1.29 is 76.8 Å². The van der Waals surface area contributed by atoms with Gasteiger partial charge in [0, 0.05) is 50.3 Å². The van der Waals surface area contributed by atoms with Gasteiger partial charge in [-0.25, -0.2) is 4.79 Å². The number of methoxy groups -OCH3 is 2. The lowest BCUT2D eigenvalue weighted by molar-refractivity contribution is -0.309. The van der Waals surface area contributed by atoms with E-state index < -0.39 is 43.0 Å². The first-order valence-corrected chi connectivity index (χ1v) is 20.7. The van der Waals surface area contributed by atoms with Gasteiger partial charge in [-0.3, -0.25) is 9.80 Å². The first kappa shape index (κ1) is 52.9. The molecule has 9 nitrogen and oxygen atoms in total. The van der Waals surface area contributed by atoms with Crippen LogP contribution in [-0.4, -0.2) is 127 Å². The van der Waals surface area contributed by atoms with Gasteiger partial charge in [0.2, 0.25) is 6.10 Å². The van der Waals surface area contributed by atoms with Crippen LogP contribution in [0.25, 0.3) is 0 Å². The summed E-state index contributed by atoms with van der Waals surface area (Å²) in [5.74, 6) is 1.70. The minimum absolute atomic E-state index is 0.0493. The summed E-state index contributed by atoms with van der Waals surface area (Å²) in [4.78, 5) is 18.0. The zero-order valence-electron chi connectivity index (χ0n) is 36.6. The molecule has 4 aliphatic heterocycles. The van der Waals surface area contributed by atoms with Gasteiger partial charge in [0.25, 0.3) is 6.10 Å². The third kappa shape index (κ3) is 14.2. The van der Waals surface area contributed by atoms with Crippen molar-refractivity contribution in [1.29, 1.82) is 0 Å². The molecule has 4 saturated heterocycles. The molecule has 4 aliphatic rings. The number of halogens is 12. The molecule has 2 aromatic carbocycles. The Morgan fingerprint density at radius 2 is 0.984 bits per heavy atom.